The topological polar surface area (TPSA) is 68.5 Å². The van der Waals surface area contributed by atoms with Crippen molar-refractivity contribution < 1.29 is 9.53 Å². The number of amides is 1. The molecule has 0 aliphatic rings. The maximum Gasteiger partial charge on any atom is 0.254 e. The van der Waals surface area contributed by atoms with Crippen LogP contribution in [0.15, 0.2) is 29.1 Å². The van der Waals surface area contributed by atoms with Crippen molar-refractivity contribution in [1.29, 1.82) is 0 Å². The number of nitrogen functional groups attached to an aromatic ring is 1. The van der Waals surface area contributed by atoms with Gasteiger partial charge >= 0.3 is 0 Å². The van der Waals surface area contributed by atoms with Crippen molar-refractivity contribution in [2.45, 2.75) is 6.54 Å². The molecule has 0 fully saturated rings. The molecule has 1 aromatic heterocycles. The Labute approximate surface area is 115 Å². The summed E-state index contributed by atoms with van der Waals surface area (Å²) in [6, 6.07) is 5.02. The van der Waals surface area contributed by atoms with Gasteiger partial charge in [-0.1, -0.05) is 0 Å². The quantitative estimate of drug-likeness (QED) is 0.868. The van der Waals surface area contributed by atoms with E-state index >= 15 is 0 Å². The molecular weight excluding hydrogens is 262 g/mol. The third kappa shape index (κ3) is 3.03. The summed E-state index contributed by atoms with van der Waals surface area (Å²) in [4.78, 5) is 18.0. The summed E-state index contributed by atoms with van der Waals surface area (Å²) in [5.74, 6) is 0.473. The molecule has 1 aromatic carbocycles. The van der Waals surface area contributed by atoms with Gasteiger partial charge in [0.25, 0.3) is 5.91 Å². The molecular formula is C13H15N3O2S. The van der Waals surface area contributed by atoms with E-state index in [1.807, 2.05) is 5.38 Å². The molecule has 0 bridgehead atoms. The third-order valence-electron chi connectivity index (χ3n) is 2.71. The maximum absolute atomic E-state index is 12.2. The van der Waals surface area contributed by atoms with Crippen LogP contribution < -0.4 is 10.5 Å². The van der Waals surface area contributed by atoms with Gasteiger partial charge in [-0.15, -0.1) is 11.3 Å². The number of benzene rings is 1. The van der Waals surface area contributed by atoms with E-state index in [-0.39, 0.29) is 5.91 Å². The number of nitrogens with two attached hydrogens (primary N) is 1. The van der Waals surface area contributed by atoms with Crippen LogP contribution in [-0.4, -0.2) is 29.9 Å². The van der Waals surface area contributed by atoms with E-state index in [9.17, 15) is 4.79 Å². The van der Waals surface area contributed by atoms with Crippen LogP contribution in [0, 0.1) is 0 Å². The van der Waals surface area contributed by atoms with Crippen LogP contribution >= 0.6 is 11.3 Å². The van der Waals surface area contributed by atoms with Crippen LogP contribution in [0.3, 0.4) is 0 Å². The molecule has 0 atom stereocenters. The lowest BCUT2D eigenvalue weighted by atomic mass is 10.1. The van der Waals surface area contributed by atoms with Crippen LogP contribution in [0.1, 0.15) is 16.1 Å². The van der Waals surface area contributed by atoms with E-state index in [1.54, 1.807) is 42.8 Å². The fourth-order valence-corrected chi connectivity index (χ4v) is 2.27. The molecule has 0 spiro atoms. The van der Waals surface area contributed by atoms with Gasteiger partial charge in [-0.3, -0.25) is 4.79 Å². The lowest BCUT2D eigenvalue weighted by Crippen LogP contribution is -2.26. The monoisotopic (exact) mass is 277 g/mol. The highest BCUT2D eigenvalue weighted by Crippen LogP contribution is 2.22. The molecule has 1 heterocycles. The Bertz CT molecular complexity index is 569. The summed E-state index contributed by atoms with van der Waals surface area (Å²) in [7, 11) is 3.28. The molecule has 2 rings (SSSR count). The Hall–Kier alpha value is -2.08. The summed E-state index contributed by atoms with van der Waals surface area (Å²) in [5, 5.41) is 1.92. The standard InChI is InChI=1S/C13H15N3O2S/c1-16(6-10-7-19-8-15-10)13(17)9-3-4-12(18-2)11(14)5-9/h3-5,7-8H,6,14H2,1-2H3. The number of anilines is 1. The third-order valence-corrected chi connectivity index (χ3v) is 3.34. The van der Waals surface area contributed by atoms with E-state index in [0.29, 0.717) is 23.5 Å². The van der Waals surface area contributed by atoms with Gasteiger partial charge in [-0.25, -0.2) is 4.98 Å². The Morgan fingerprint density at radius 2 is 2.32 bits per heavy atom. The molecule has 1 amide bonds. The smallest absolute Gasteiger partial charge is 0.254 e. The van der Waals surface area contributed by atoms with Crippen LogP contribution in [0.5, 0.6) is 5.75 Å². The first-order valence-electron chi connectivity index (χ1n) is 5.68. The number of hydrogen-bond donors (Lipinski definition) is 1. The average molecular weight is 277 g/mol. The summed E-state index contributed by atoms with van der Waals surface area (Å²) >= 11 is 1.51. The van der Waals surface area contributed by atoms with Gasteiger partial charge in [0.1, 0.15) is 5.75 Å². The number of nitrogens with zero attached hydrogens (tertiary/aromatic N) is 2. The maximum atomic E-state index is 12.2. The number of rotatable bonds is 4. The van der Waals surface area contributed by atoms with E-state index in [0.717, 1.165) is 5.69 Å². The van der Waals surface area contributed by atoms with Gasteiger partial charge in [0, 0.05) is 18.0 Å². The van der Waals surface area contributed by atoms with Crippen molar-refractivity contribution in [2.24, 2.45) is 0 Å². The molecule has 19 heavy (non-hydrogen) atoms. The number of thiazole rings is 1. The van der Waals surface area contributed by atoms with E-state index in [4.69, 9.17) is 10.5 Å². The first-order valence-corrected chi connectivity index (χ1v) is 6.62. The molecule has 0 saturated heterocycles. The highest BCUT2D eigenvalue weighted by molar-refractivity contribution is 7.07. The highest BCUT2D eigenvalue weighted by Gasteiger charge is 2.14. The molecule has 100 valence electrons. The van der Waals surface area contributed by atoms with Crippen LogP contribution in [-0.2, 0) is 6.54 Å². The minimum absolute atomic E-state index is 0.0950. The summed E-state index contributed by atoms with van der Waals surface area (Å²) < 4.78 is 5.07. The zero-order chi connectivity index (χ0) is 13.8. The van der Waals surface area contributed by atoms with Gasteiger partial charge in [0.05, 0.1) is 30.5 Å². The van der Waals surface area contributed by atoms with Gasteiger partial charge in [0.2, 0.25) is 0 Å². The molecule has 5 nitrogen and oxygen atoms in total. The molecule has 0 radical (unpaired) electrons. The second-order valence-electron chi connectivity index (χ2n) is 4.10. The molecule has 0 aliphatic carbocycles. The SMILES string of the molecule is COc1ccc(C(=O)N(C)Cc2cscn2)cc1N. The Morgan fingerprint density at radius 1 is 1.53 bits per heavy atom. The van der Waals surface area contributed by atoms with E-state index < -0.39 is 0 Å². The molecule has 0 unspecified atom stereocenters. The molecule has 0 saturated carbocycles. The zero-order valence-electron chi connectivity index (χ0n) is 10.8. The normalized spacial score (nSPS) is 10.2. The second kappa shape index (κ2) is 5.71. The van der Waals surface area contributed by atoms with Gasteiger partial charge < -0.3 is 15.4 Å². The van der Waals surface area contributed by atoms with Crippen molar-refractivity contribution >= 4 is 22.9 Å². The number of aromatic nitrogens is 1. The zero-order valence-corrected chi connectivity index (χ0v) is 11.6. The first kappa shape index (κ1) is 13.4. The van der Waals surface area contributed by atoms with Crippen LogP contribution in [0.25, 0.3) is 0 Å². The van der Waals surface area contributed by atoms with Crippen molar-refractivity contribution in [3.8, 4) is 5.75 Å². The lowest BCUT2D eigenvalue weighted by Gasteiger charge is -2.16. The predicted octanol–water partition coefficient (Wildman–Crippen LogP) is 2.01. The van der Waals surface area contributed by atoms with Crippen LogP contribution in [0.2, 0.25) is 0 Å². The van der Waals surface area contributed by atoms with E-state index in [2.05, 4.69) is 4.98 Å². The van der Waals surface area contributed by atoms with Crippen molar-refractivity contribution in [1.82, 2.24) is 9.88 Å². The fraction of sp³-hybridized carbons (Fsp3) is 0.231. The van der Waals surface area contributed by atoms with Crippen molar-refractivity contribution in [3.05, 3.63) is 40.3 Å². The number of carbonyl (C=O) groups is 1. The number of methoxy groups -OCH3 is 1. The summed E-state index contributed by atoms with van der Waals surface area (Å²) in [6.45, 7) is 0.480. The fourth-order valence-electron chi connectivity index (χ4n) is 1.72. The highest BCUT2D eigenvalue weighted by atomic mass is 32.1. The molecule has 0 aliphatic heterocycles. The minimum Gasteiger partial charge on any atom is -0.495 e. The summed E-state index contributed by atoms with van der Waals surface area (Å²) in [5.41, 5.74) is 9.42. The van der Waals surface area contributed by atoms with Crippen molar-refractivity contribution in [3.63, 3.8) is 0 Å². The molecule has 2 N–H and O–H groups in total. The van der Waals surface area contributed by atoms with E-state index in [1.165, 1.54) is 11.3 Å². The average Bonchev–Trinajstić information content (AvgIpc) is 2.90. The van der Waals surface area contributed by atoms with Crippen LogP contribution in [0.4, 0.5) is 5.69 Å². The number of hydrogen-bond acceptors (Lipinski definition) is 5. The van der Waals surface area contributed by atoms with Gasteiger partial charge in [0.15, 0.2) is 0 Å². The Morgan fingerprint density at radius 3 is 2.89 bits per heavy atom. The molecule has 6 heteroatoms. The Balaban J connectivity index is 2.12. The predicted molar refractivity (Wildman–Crippen MR) is 75.3 cm³/mol. The lowest BCUT2D eigenvalue weighted by molar-refractivity contribution is 0.0783. The van der Waals surface area contributed by atoms with Gasteiger partial charge in [-0.05, 0) is 18.2 Å². The second-order valence-corrected chi connectivity index (χ2v) is 4.82. The molecule has 2 aromatic rings. The number of carbonyl (C=O) groups excluding carboxylic acids is 1. The van der Waals surface area contributed by atoms with Gasteiger partial charge in [-0.2, -0.15) is 0 Å². The number of ether oxygens (including phenoxy) is 1. The first-order chi connectivity index (χ1) is 9.11. The summed E-state index contributed by atoms with van der Waals surface area (Å²) in [6.07, 6.45) is 0. The Kier molecular flexibility index (Phi) is 4.01. The van der Waals surface area contributed by atoms with Crippen molar-refractivity contribution in [2.75, 3.05) is 19.9 Å². The largest absolute Gasteiger partial charge is 0.495 e. The minimum atomic E-state index is -0.0950.